The number of nitrogen functional groups attached to an aromatic ring is 1. The van der Waals surface area contributed by atoms with Crippen LogP contribution >= 0.6 is 0 Å². The monoisotopic (exact) mass is 578 g/mol. The predicted molar refractivity (Wildman–Crippen MR) is 171 cm³/mol. The highest BCUT2D eigenvalue weighted by atomic mass is 15.2. The fourth-order valence-electron chi connectivity index (χ4n) is 5.74. The van der Waals surface area contributed by atoms with Crippen LogP contribution in [0.15, 0.2) is 97.3 Å². The lowest BCUT2D eigenvalue weighted by Crippen LogP contribution is -2.38. The second kappa shape index (κ2) is 11.9. The average Bonchev–Trinajstić information content (AvgIpc) is 3.45. The summed E-state index contributed by atoms with van der Waals surface area (Å²) in [6.07, 6.45) is 5.37. The number of fused-ring (bicyclic) bond motifs is 1. The SMILES string of the molecule is N#Cc1cc(NC2CCN(Cc3ccc(-n4c(-c5cccnc5N)nc5ccc(-c6ccccc6)nc54)cc3)CC2)cnn1. The van der Waals surface area contributed by atoms with E-state index in [2.05, 4.69) is 66.4 Å². The molecule has 4 aromatic heterocycles. The number of aromatic nitrogens is 6. The summed E-state index contributed by atoms with van der Waals surface area (Å²) >= 11 is 0. The molecule has 1 saturated heterocycles. The third-order valence-corrected chi connectivity index (χ3v) is 7.98. The van der Waals surface area contributed by atoms with Crippen LogP contribution in [0.25, 0.3) is 39.5 Å². The summed E-state index contributed by atoms with van der Waals surface area (Å²) in [6, 6.07) is 30.7. The van der Waals surface area contributed by atoms with Crippen LogP contribution < -0.4 is 11.1 Å². The molecule has 7 rings (SSSR count). The topological polar surface area (TPSA) is 134 Å². The highest BCUT2D eigenvalue weighted by Crippen LogP contribution is 2.32. The fourth-order valence-corrected chi connectivity index (χ4v) is 5.74. The lowest BCUT2D eigenvalue weighted by molar-refractivity contribution is 0.211. The number of nitrogens with zero attached hydrogens (tertiary/aromatic N) is 8. The number of nitriles is 1. The van der Waals surface area contributed by atoms with E-state index < -0.39 is 0 Å². The molecule has 0 amide bonds. The van der Waals surface area contributed by atoms with Crippen molar-refractivity contribution in [1.29, 1.82) is 5.26 Å². The molecule has 1 aliphatic rings. The molecule has 3 N–H and O–H groups in total. The molecule has 6 aromatic rings. The maximum atomic E-state index is 9.09. The van der Waals surface area contributed by atoms with Crippen molar-refractivity contribution in [3.8, 4) is 34.4 Å². The van der Waals surface area contributed by atoms with E-state index in [-0.39, 0.29) is 0 Å². The predicted octanol–water partition coefficient (Wildman–Crippen LogP) is 5.47. The second-order valence-corrected chi connectivity index (χ2v) is 10.9. The molecule has 0 aliphatic carbocycles. The minimum Gasteiger partial charge on any atom is -0.383 e. The Morgan fingerprint density at radius 2 is 1.75 bits per heavy atom. The van der Waals surface area contributed by atoms with E-state index in [9.17, 15) is 0 Å². The number of benzene rings is 2. The molecule has 44 heavy (non-hydrogen) atoms. The summed E-state index contributed by atoms with van der Waals surface area (Å²) in [5.74, 6) is 1.13. The summed E-state index contributed by atoms with van der Waals surface area (Å²) in [7, 11) is 0. The lowest BCUT2D eigenvalue weighted by Gasteiger charge is -2.32. The summed E-state index contributed by atoms with van der Waals surface area (Å²) in [4.78, 5) is 16.8. The van der Waals surface area contributed by atoms with E-state index in [1.807, 2.05) is 48.5 Å². The number of likely N-dealkylation sites (tertiary alicyclic amines) is 1. The van der Waals surface area contributed by atoms with Crippen LogP contribution in [0.1, 0.15) is 24.1 Å². The van der Waals surface area contributed by atoms with Gasteiger partial charge in [0.05, 0.1) is 23.1 Å². The molecule has 1 aliphatic heterocycles. The highest BCUT2D eigenvalue weighted by Gasteiger charge is 2.21. The Hall–Kier alpha value is -5.66. The molecule has 2 aromatic carbocycles. The second-order valence-electron chi connectivity index (χ2n) is 10.9. The van der Waals surface area contributed by atoms with Gasteiger partial charge in [0, 0.05) is 49.2 Å². The molecular weight excluding hydrogens is 548 g/mol. The van der Waals surface area contributed by atoms with Gasteiger partial charge in [-0.1, -0.05) is 42.5 Å². The number of hydrogen-bond acceptors (Lipinski definition) is 9. The molecule has 0 spiro atoms. The van der Waals surface area contributed by atoms with E-state index in [1.165, 1.54) is 5.56 Å². The summed E-state index contributed by atoms with van der Waals surface area (Å²) in [6.45, 7) is 2.82. The van der Waals surface area contributed by atoms with Gasteiger partial charge in [0.15, 0.2) is 17.2 Å². The first-order chi connectivity index (χ1) is 21.6. The van der Waals surface area contributed by atoms with Gasteiger partial charge in [0.2, 0.25) is 0 Å². The molecule has 216 valence electrons. The third kappa shape index (κ3) is 5.56. The molecular formula is C34H30N10. The number of rotatable bonds is 7. The number of nitrogens with two attached hydrogens (primary N) is 1. The molecule has 0 saturated carbocycles. The number of pyridine rings is 2. The molecule has 10 heteroatoms. The molecule has 5 heterocycles. The van der Waals surface area contributed by atoms with Crippen LogP contribution in [0.4, 0.5) is 11.5 Å². The first kappa shape index (κ1) is 27.2. The van der Waals surface area contributed by atoms with Crippen molar-refractivity contribution in [2.75, 3.05) is 24.1 Å². The van der Waals surface area contributed by atoms with E-state index in [4.69, 9.17) is 21.0 Å². The van der Waals surface area contributed by atoms with E-state index >= 15 is 0 Å². The maximum absolute atomic E-state index is 9.09. The number of anilines is 2. The fraction of sp³-hybridized carbons (Fsp3) is 0.176. The zero-order valence-electron chi connectivity index (χ0n) is 24.0. The van der Waals surface area contributed by atoms with Gasteiger partial charge in [-0.2, -0.15) is 10.4 Å². The Balaban J connectivity index is 1.13. The third-order valence-electron chi connectivity index (χ3n) is 7.98. The van der Waals surface area contributed by atoms with Gasteiger partial charge in [-0.3, -0.25) is 9.47 Å². The number of hydrogen-bond donors (Lipinski definition) is 2. The number of piperidine rings is 1. The molecule has 1 fully saturated rings. The van der Waals surface area contributed by atoms with Crippen molar-refractivity contribution in [2.45, 2.75) is 25.4 Å². The zero-order chi connectivity index (χ0) is 29.9. The van der Waals surface area contributed by atoms with Crippen LogP contribution in [-0.4, -0.2) is 53.7 Å². The van der Waals surface area contributed by atoms with Gasteiger partial charge < -0.3 is 11.1 Å². The smallest absolute Gasteiger partial charge is 0.165 e. The number of imidazole rings is 1. The van der Waals surface area contributed by atoms with Crippen LogP contribution in [0.5, 0.6) is 0 Å². The summed E-state index contributed by atoms with van der Waals surface area (Å²) in [5.41, 5.74) is 13.9. The molecule has 10 nitrogen and oxygen atoms in total. The quantitative estimate of drug-likeness (QED) is 0.253. The van der Waals surface area contributed by atoms with Crippen LogP contribution in [0.2, 0.25) is 0 Å². The standard InChI is InChI=1S/C34H30N10/c35-20-26-19-27(21-38-42-26)39-25-14-17-43(18-15-25)22-23-8-10-28(11-9-23)44-33(29-7-4-16-37-32(29)36)41-31-13-12-30(40-34(31)44)24-5-2-1-3-6-24/h1-13,16,19,21,25H,14-15,17-18,22H2,(H2,36,37)(H,39,42). The maximum Gasteiger partial charge on any atom is 0.165 e. The van der Waals surface area contributed by atoms with Crippen molar-refractivity contribution in [2.24, 2.45) is 0 Å². The van der Waals surface area contributed by atoms with E-state index in [0.29, 0.717) is 23.4 Å². The Kier molecular flexibility index (Phi) is 7.36. The summed E-state index contributed by atoms with van der Waals surface area (Å²) in [5, 5.41) is 20.3. The molecule has 0 radical (unpaired) electrons. The zero-order valence-corrected chi connectivity index (χ0v) is 24.0. The van der Waals surface area contributed by atoms with Crippen LogP contribution in [-0.2, 0) is 6.54 Å². The van der Waals surface area contributed by atoms with Crippen molar-refractivity contribution in [3.63, 3.8) is 0 Å². The van der Waals surface area contributed by atoms with Gasteiger partial charge in [0.1, 0.15) is 17.4 Å². The Labute approximate surface area is 254 Å². The minimum absolute atomic E-state index is 0.322. The Morgan fingerprint density at radius 1 is 0.932 bits per heavy atom. The average molecular weight is 579 g/mol. The lowest BCUT2D eigenvalue weighted by atomic mass is 10.0. The highest BCUT2D eigenvalue weighted by molar-refractivity contribution is 5.84. The Morgan fingerprint density at radius 3 is 2.52 bits per heavy atom. The first-order valence-electron chi connectivity index (χ1n) is 14.6. The van der Waals surface area contributed by atoms with Gasteiger partial charge in [-0.25, -0.2) is 15.0 Å². The van der Waals surface area contributed by atoms with Gasteiger partial charge in [0.25, 0.3) is 0 Å². The Bertz CT molecular complexity index is 1950. The van der Waals surface area contributed by atoms with Gasteiger partial charge >= 0.3 is 0 Å². The van der Waals surface area contributed by atoms with Gasteiger partial charge in [-0.05, 0) is 54.8 Å². The van der Waals surface area contributed by atoms with E-state index in [1.54, 1.807) is 18.5 Å². The van der Waals surface area contributed by atoms with Crippen LogP contribution in [0.3, 0.4) is 0 Å². The van der Waals surface area contributed by atoms with Crippen molar-refractivity contribution in [3.05, 3.63) is 109 Å². The molecule has 0 atom stereocenters. The van der Waals surface area contributed by atoms with Crippen LogP contribution in [0, 0.1) is 11.3 Å². The first-order valence-corrected chi connectivity index (χ1v) is 14.6. The van der Waals surface area contributed by atoms with E-state index in [0.717, 1.165) is 71.8 Å². The largest absolute Gasteiger partial charge is 0.383 e. The van der Waals surface area contributed by atoms with Gasteiger partial charge in [-0.15, -0.1) is 5.10 Å². The number of nitrogens with one attached hydrogen (secondary N) is 1. The molecule has 0 bridgehead atoms. The van der Waals surface area contributed by atoms with Crippen molar-refractivity contribution in [1.82, 2.24) is 34.6 Å². The minimum atomic E-state index is 0.322. The normalized spacial score (nSPS) is 14.0. The van der Waals surface area contributed by atoms with Crippen molar-refractivity contribution < 1.29 is 0 Å². The van der Waals surface area contributed by atoms with Crippen molar-refractivity contribution >= 4 is 22.7 Å². The molecule has 0 unspecified atom stereocenters. The summed E-state index contributed by atoms with van der Waals surface area (Å²) < 4.78 is 2.07.